The Morgan fingerprint density at radius 2 is 1.75 bits per heavy atom. The lowest BCUT2D eigenvalue weighted by Crippen LogP contribution is -2.22. The molecule has 0 unspecified atom stereocenters. The van der Waals surface area contributed by atoms with Crippen molar-refractivity contribution in [3.8, 4) is 0 Å². The van der Waals surface area contributed by atoms with Crippen LogP contribution in [0.25, 0.3) is 22.6 Å². The van der Waals surface area contributed by atoms with Gasteiger partial charge in [0.2, 0.25) is 0 Å². The number of allylic oxidation sites excluding steroid dienone is 1. The molecule has 0 aliphatic heterocycles. The SMILES string of the molecule is O=C(COC(=O)c1c2c(nc3ccccc13)/C(=C\c1ccc(F)cc1)CCC2)Nc1cccc(F)c1. The smallest absolute Gasteiger partial charge is 0.339 e. The maximum atomic E-state index is 13.4. The largest absolute Gasteiger partial charge is 0.452 e. The van der Waals surface area contributed by atoms with Gasteiger partial charge < -0.3 is 10.1 Å². The van der Waals surface area contributed by atoms with E-state index in [-0.39, 0.29) is 11.5 Å². The number of nitrogens with zero attached hydrogens (tertiary/aromatic N) is 1. The number of hydrogen-bond donors (Lipinski definition) is 1. The van der Waals surface area contributed by atoms with E-state index in [0.717, 1.165) is 29.5 Å². The lowest BCUT2D eigenvalue weighted by molar-refractivity contribution is -0.119. The van der Waals surface area contributed by atoms with Crippen molar-refractivity contribution in [2.24, 2.45) is 0 Å². The number of carbonyl (C=O) groups is 2. The number of esters is 1. The molecule has 5 nitrogen and oxygen atoms in total. The van der Waals surface area contributed by atoms with E-state index in [0.29, 0.717) is 28.6 Å². The van der Waals surface area contributed by atoms with Gasteiger partial charge in [-0.25, -0.2) is 18.6 Å². The molecule has 1 aliphatic carbocycles. The van der Waals surface area contributed by atoms with E-state index >= 15 is 0 Å². The van der Waals surface area contributed by atoms with Crippen molar-refractivity contribution >= 4 is 40.1 Å². The zero-order valence-corrected chi connectivity index (χ0v) is 19.3. The molecule has 0 fully saturated rings. The quantitative estimate of drug-likeness (QED) is 0.343. The minimum absolute atomic E-state index is 0.276. The van der Waals surface area contributed by atoms with Crippen molar-refractivity contribution in [2.75, 3.05) is 11.9 Å². The Bertz CT molecular complexity index is 1500. The molecule has 3 aromatic carbocycles. The molecule has 0 bridgehead atoms. The maximum absolute atomic E-state index is 13.4. The van der Waals surface area contributed by atoms with E-state index in [2.05, 4.69) is 5.32 Å². The van der Waals surface area contributed by atoms with E-state index in [1.807, 2.05) is 30.3 Å². The fraction of sp³-hybridized carbons (Fsp3) is 0.138. The molecule has 4 aromatic rings. The Morgan fingerprint density at radius 3 is 2.56 bits per heavy atom. The molecule has 0 saturated heterocycles. The second-order valence-corrected chi connectivity index (χ2v) is 8.54. The number of ether oxygens (including phenoxy) is 1. The summed E-state index contributed by atoms with van der Waals surface area (Å²) in [5, 5.41) is 3.17. The third kappa shape index (κ3) is 5.00. The standard InChI is InChI=1S/C29H22F2N2O3/c30-20-13-11-18(12-14-20)15-19-5-3-9-24-27(23-8-1-2-10-25(23)33-28(19)24)29(35)36-17-26(34)32-22-7-4-6-21(31)16-22/h1-2,4,6-8,10-16H,3,5,9,17H2,(H,32,34)/b19-15-. The number of benzene rings is 3. The van der Waals surface area contributed by atoms with Gasteiger partial charge in [0.25, 0.3) is 5.91 Å². The summed E-state index contributed by atoms with van der Waals surface area (Å²) in [6, 6.07) is 19.0. The van der Waals surface area contributed by atoms with Crippen molar-refractivity contribution < 1.29 is 23.1 Å². The molecule has 36 heavy (non-hydrogen) atoms. The fourth-order valence-electron chi connectivity index (χ4n) is 4.43. The van der Waals surface area contributed by atoms with E-state index in [1.165, 1.54) is 30.3 Å². The van der Waals surface area contributed by atoms with E-state index in [4.69, 9.17) is 9.72 Å². The highest BCUT2D eigenvalue weighted by Crippen LogP contribution is 2.36. The third-order valence-electron chi connectivity index (χ3n) is 6.03. The molecule has 1 aliphatic rings. The number of carbonyl (C=O) groups excluding carboxylic acids is 2. The Balaban J connectivity index is 1.46. The average Bonchev–Trinajstić information content (AvgIpc) is 2.87. The van der Waals surface area contributed by atoms with Crippen LogP contribution in [-0.4, -0.2) is 23.5 Å². The molecule has 7 heteroatoms. The zero-order valence-electron chi connectivity index (χ0n) is 19.3. The van der Waals surface area contributed by atoms with Gasteiger partial charge in [-0.2, -0.15) is 0 Å². The predicted molar refractivity (Wildman–Crippen MR) is 134 cm³/mol. The number of halogens is 2. The number of amides is 1. The van der Waals surface area contributed by atoms with E-state index < -0.39 is 24.3 Å². The van der Waals surface area contributed by atoms with Crippen LogP contribution in [0, 0.1) is 11.6 Å². The molecule has 180 valence electrons. The highest BCUT2D eigenvalue weighted by atomic mass is 19.1. The van der Waals surface area contributed by atoms with Gasteiger partial charge in [0.15, 0.2) is 6.61 Å². The van der Waals surface area contributed by atoms with E-state index in [1.54, 1.807) is 18.2 Å². The van der Waals surface area contributed by atoms with Crippen LogP contribution in [-0.2, 0) is 16.0 Å². The molecule has 0 saturated carbocycles. The summed E-state index contributed by atoms with van der Waals surface area (Å²) in [5.74, 6) is -1.98. The number of pyridine rings is 1. The molecule has 5 rings (SSSR count). The first-order valence-corrected chi connectivity index (χ1v) is 11.6. The lowest BCUT2D eigenvalue weighted by atomic mass is 9.86. The topological polar surface area (TPSA) is 68.3 Å². The third-order valence-corrected chi connectivity index (χ3v) is 6.03. The van der Waals surface area contributed by atoms with Crippen LogP contribution in [0.4, 0.5) is 14.5 Å². The second kappa shape index (κ2) is 10.1. The Kier molecular flexibility index (Phi) is 6.54. The summed E-state index contributed by atoms with van der Waals surface area (Å²) >= 11 is 0. The summed E-state index contributed by atoms with van der Waals surface area (Å²) < 4.78 is 32.1. The second-order valence-electron chi connectivity index (χ2n) is 8.54. The molecule has 0 spiro atoms. The van der Waals surface area contributed by atoms with Crippen LogP contribution in [0.3, 0.4) is 0 Å². The van der Waals surface area contributed by atoms with Gasteiger partial charge in [0.05, 0.1) is 16.8 Å². The van der Waals surface area contributed by atoms with Gasteiger partial charge in [-0.3, -0.25) is 4.79 Å². The monoisotopic (exact) mass is 484 g/mol. The number of aromatic nitrogens is 1. The van der Waals surface area contributed by atoms with Gasteiger partial charge in [-0.05, 0) is 78.4 Å². The fourth-order valence-corrected chi connectivity index (χ4v) is 4.43. The Morgan fingerprint density at radius 1 is 0.944 bits per heavy atom. The lowest BCUT2D eigenvalue weighted by Gasteiger charge is -2.22. The van der Waals surface area contributed by atoms with Crippen molar-refractivity contribution in [3.63, 3.8) is 0 Å². The van der Waals surface area contributed by atoms with Gasteiger partial charge in [0.1, 0.15) is 11.6 Å². The van der Waals surface area contributed by atoms with Crippen LogP contribution in [0.5, 0.6) is 0 Å². The first-order chi connectivity index (χ1) is 17.5. The molecule has 1 heterocycles. The zero-order chi connectivity index (χ0) is 25.1. The average molecular weight is 485 g/mol. The van der Waals surface area contributed by atoms with Gasteiger partial charge in [0, 0.05) is 11.1 Å². The minimum atomic E-state index is -0.623. The summed E-state index contributed by atoms with van der Waals surface area (Å²) in [6.07, 6.45) is 4.16. The number of hydrogen-bond acceptors (Lipinski definition) is 4. The minimum Gasteiger partial charge on any atom is -0.452 e. The van der Waals surface area contributed by atoms with Gasteiger partial charge >= 0.3 is 5.97 Å². The van der Waals surface area contributed by atoms with Crippen molar-refractivity contribution in [3.05, 3.63) is 107 Å². The van der Waals surface area contributed by atoms with Crippen LogP contribution < -0.4 is 5.32 Å². The first-order valence-electron chi connectivity index (χ1n) is 11.6. The molecular formula is C29H22F2N2O3. The first kappa shape index (κ1) is 23.4. The summed E-state index contributed by atoms with van der Waals surface area (Å²) in [5.41, 5.74) is 4.57. The van der Waals surface area contributed by atoms with Crippen molar-refractivity contribution in [2.45, 2.75) is 19.3 Å². The van der Waals surface area contributed by atoms with Gasteiger partial charge in [-0.15, -0.1) is 0 Å². The van der Waals surface area contributed by atoms with Crippen molar-refractivity contribution in [1.82, 2.24) is 4.98 Å². The van der Waals surface area contributed by atoms with Crippen LogP contribution in [0.15, 0.2) is 72.8 Å². The molecule has 1 N–H and O–H groups in total. The number of rotatable bonds is 5. The normalized spacial score (nSPS) is 13.9. The van der Waals surface area contributed by atoms with Crippen LogP contribution in [0.1, 0.15) is 40.0 Å². The van der Waals surface area contributed by atoms with Crippen molar-refractivity contribution in [1.29, 1.82) is 0 Å². The molecule has 0 atom stereocenters. The Labute approximate surface area is 206 Å². The number of nitrogens with one attached hydrogen (secondary N) is 1. The van der Waals surface area contributed by atoms with Crippen LogP contribution >= 0.6 is 0 Å². The summed E-state index contributed by atoms with van der Waals surface area (Å²) in [6.45, 7) is -0.515. The number of anilines is 1. The maximum Gasteiger partial charge on any atom is 0.339 e. The summed E-state index contributed by atoms with van der Waals surface area (Å²) in [7, 11) is 0. The molecule has 1 aromatic heterocycles. The number of fused-ring (bicyclic) bond motifs is 2. The highest BCUT2D eigenvalue weighted by molar-refractivity contribution is 6.07. The predicted octanol–water partition coefficient (Wildman–Crippen LogP) is 6.19. The molecule has 0 radical (unpaired) electrons. The Hall–Kier alpha value is -4.39. The van der Waals surface area contributed by atoms with Gasteiger partial charge in [-0.1, -0.05) is 36.4 Å². The number of para-hydroxylation sites is 1. The summed E-state index contributed by atoms with van der Waals surface area (Å²) in [4.78, 5) is 30.5. The molecular weight excluding hydrogens is 462 g/mol. The molecule has 1 amide bonds. The van der Waals surface area contributed by atoms with Crippen LogP contribution in [0.2, 0.25) is 0 Å². The highest BCUT2D eigenvalue weighted by Gasteiger charge is 2.26. The van der Waals surface area contributed by atoms with E-state index in [9.17, 15) is 18.4 Å².